The zero-order chi connectivity index (χ0) is 14.2. The van der Waals surface area contributed by atoms with Crippen LogP contribution in [0.4, 0.5) is 0 Å². The smallest absolute Gasteiger partial charge is 0.0345 e. The molecule has 0 amide bonds. The summed E-state index contributed by atoms with van der Waals surface area (Å²) in [5, 5.41) is 3.60. The molecule has 1 aliphatic carbocycles. The Morgan fingerprint density at radius 3 is 2.50 bits per heavy atom. The summed E-state index contributed by atoms with van der Waals surface area (Å²) in [5.41, 5.74) is 3.11. The van der Waals surface area contributed by atoms with E-state index in [0.717, 1.165) is 0 Å². The number of likely N-dealkylation sites (N-methyl/N-ethyl adjacent to an activating group) is 1. The standard InChI is InChI=1S/C19H29N/c1-3-18(16-12-10-7-11-13-16)19(20-2)17-14-8-5-4-6-9-15-17/h7,10-14,18-20H,3-6,8-9,15H2,1-2H3/b17-14+. The van der Waals surface area contributed by atoms with E-state index in [2.05, 4.69) is 55.7 Å². The topological polar surface area (TPSA) is 12.0 Å². The van der Waals surface area contributed by atoms with Crippen LogP contribution in [0, 0.1) is 0 Å². The number of benzene rings is 1. The largest absolute Gasteiger partial charge is 0.313 e. The van der Waals surface area contributed by atoms with Gasteiger partial charge >= 0.3 is 0 Å². The van der Waals surface area contributed by atoms with Crippen molar-refractivity contribution in [3.63, 3.8) is 0 Å². The van der Waals surface area contributed by atoms with E-state index in [4.69, 9.17) is 0 Å². The van der Waals surface area contributed by atoms with Crippen LogP contribution in [-0.2, 0) is 0 Å². The van der Waals surface area contributed by atoms with Gasteiger partial charge in [-0.3, -0.25) is 0 Å². The molecule has 1 aromatic rings. The lowest BCUT2D eigenvalue weighted by molar-refractivity contribution is 0.476. The molecule has 0 aliphatic heterocycles. The first-order valence-corrected chi connectivity index (χ1v) is 8.28. The molecule has 0 fully saturated rings. The summed E-state index contributed by atoms with van der Waals surface area (Å²) in [7, 11) is 2.12. The summed E-state index contributed by atoms with van der Waals surface area (Å²) in [4.78, 5) is 0. The van der Waals surface area contributed by atoms with Crippen molar-refractivity contribution in [2.45, 2.75) is 63.8 Å². The predicted octanol–water partition coefficient (Wildman–Crippen LogP) is 5.05. The summed E-state index contributed by atoms with van der Waals surface area (Å²) < 4.78 is 0. The Morgan fingerprint density at radius 2 is 1.80 bits per heavy atom. The van der Waals surface area contributed by atoms with Crippen molar-refractivity contribution < 1.29 is 0 Å². The lowest BCUT2D eigenvalue weighted by Gasteiger charge is -2.30. The molecule has 0 spiro atoms. The van der Waals surface area contributed by atoms with Gasteiger partial charge in [0.1, 0.15) is 0 Å². The molecule has 0 saturated heterocycles. The normalized spacial score (nSPS) is 22.2. The van der Waals surface area contributed by atoms with Crippen molar-refractivity contribution >= 4 is 0 Å². The van der Waals surface area contributed by atoms with Gasteiger partial charge in [-0.2, -0.15) is 0 Å². The number of allylic oxidation sites excluding steroid dienone is 1. The summed E-state index contributed by atoms with van der Waals surface area (Å²) in [6.07, 6.45) is 11.8. The van der Waals surface area contributed by atoms with Crippen LogP contribution in [-0.4, -0.2) is 13.1 Å². The molecule has 2 unspecified atom stereocenters. The Labute approximate surface area is 124 Å². The third kappa shape index (κ3) is 3.96. The molecule has 20 heavy (non-hydrogen) atoms. The summed E-state index contributed by atoms with van der Waals surface area (Å²) in [6, 6.07) is 11.5. The van der Waals surface area contributed by atoms with E-state index in [1.807, 2.05) is 0 Å². The first kappa shape index (κ1) is 15.3. The van der Waals surface area contributed by atoms with E-state index in [-0.39, 0.29) is 0 Å². The minimum atomic E-state index is 0.500. The van der Waals surface area contributed by atoms with Gasteiger partial charge in [-0.05, 0) is 44.7 Å². The van der Waals surface area contributed by atoms with Gasteiger partial charge in [0.25, 0.3) is 0 Å². The Balaban J connectivity index is 2.20. The molecule has 1 heteroatoms. The second-order valence-corrected chi connectivity index (χ2v) is 5.92. The van der Waals surface area contributed by atoms with Gasteiger partial charge < -0.3 is 5.32 Å². The highest BCUT2D eigenvalue weighted by Gasteiger charge is 2.23. The highest BCUT2D eigenvalue weighted by Crippen LogP contribution is 2.31. The fourth-order valence-electron chi connectivity index (χ4n) is 3.51. The first-order valence-electron chi connectivity index (χ1n) is 8.28. The van der Waals surface area contributed by atoms with Crippen LogP contribution in [0.25, 0.3) is 0 Å². The molecule has 110 valence electrons. The fourth-order valence-corrected chi connectivity index (χ4v) is 3.51. The molecule has 2 atom stereocenters. The van der Waals surface area contributed by atoms with Crippen LogP contribution in [0.2, 0.25) is 0 Å². The van der Waals surface area contributed by atoms with E-state index in [0.29, 0.717) is 12.0 Å². The average Bonchev–Trinajstić information content (AvgIpc) is 2.46. The number of rotatable bonds is 5. The summed E-state index contributed by atoms with van der Waals surface area (Å²) >= 11 is 0. The third-order valence-corrected chi connectivity index (χ3v) is 4.61. The Bertz CT molecular complexity index is 407. The van der Waals surface area contributed by atoms with Crippen molar-refractivity contribution in [1.82, 2.24) is 5.32 Å². The number of nitrogens with one attached hydrogen (secondary N) is 1. The third-order valence-electron chi connectivity index (χ3n) is 4.61. The molecular formula is C19H29N. The van der Waals surface area contributed by atoms with Crippen molar-refractivity contribution in [3.05, 3.63) is 47.5 Å². The zero-order valence-electron chi connectivity index (χ0n) is 13.1. The molecule has 0 heterocycles. The van der Waals surface area contributed by atoms with Crippen LogP contribution in [0.1, 0.15) is 63.4 Å². The Hall–Kier alpha value is -1.08. The van der Waals surface area contributed by atoms with Gasteiger partial charge in [0.05, 0.1) is 0 Å². The second-order valence-electron chi connectivity index (χ2n) is 5.92. The van der Waals surface area contributed by atoms with Crippen molar-refractivity contribution in [2.75, 3.05) is 7.05 Å². The van der Waals surface area contributed by atoms with Crippen molar-refractivity contribution in [2.24, 2.45) is 0 Å². The maximum Gasteiger partial charge on any atom is 0.0345 e. The number of hydrogen-bond donors (Lipinski definition) is 1. The molecule has 2 rings (SSSR count). The summed E-state index contributed by atoms with van der Waals surface area (Å²) in [6.45, 7) is 2.31. The van der Waals surface area contributed by atoms with Gasteiger partial charge in [0, 0.05) is 12.0 Å². The highest BCUT2D eigenvalue weighted by atomic mass is 14.9. The van der Waals surface area contributed by atoms with Gasteiger partial charge in [-0.15, -0.1) is 0 Å². The fraction of sp³-hybridized carbons (Fsp3) is 0.579. The minimum Gasteiger partial charge on any atom is -0.313 e. The van der Waals surface area contributed by atoms with Crippen LogP contribution >= 0.6 is 0 Å². The second kappa shape index (κ2) is 8.26. The average molecular weight is 271 g/mol. The molecule has 1 N–H and O–H groups in total. The van der Waals surface area contributed by atoms with Crippen LogP contribution in [0.3, 0.4) is 0 Å². The first-order chi connectivity index (χ1) is 9.86. The molecule has 0 aromatic heterocycles. The van der Waals surface area contributed by atoms with Gasteiger partial charge in [0.2, 0.25) is 0 Å². The van der Waals surface area contributed by atoms with E-state index >= 15 is 0 Å². The van der Waals surface area contributed by atoms with E-state index in [1.165, 1.54) is 50.5 Å². The molecule has 1 aliphatic rings. The van der Waals surface area contributed by atoms with Gasteiger partial charge in [-0.25, -0.2) is 0 Å². The van der Waals surface area contributed by atoms with Gasteiger partial charge in [-0.1, -0.05) is 61.7 Å². The predicted molar refractivity (Wildman–Crippen MR) is 88.1 cm³/mol. The molecule has 1 aromatic carbocycles. The van der Waals surface area contributed by atoms with Crippen LogP contribution in [0.15, 0.2) is 42.0 Å². The van der Waals surface area contributed by atoms with E-state index in [9.17, 15) is 0 Å². The van der Waals surface area contributed by atoms with Crippen LogP contribution < -0.4 is 5.32 Å². The Kier molecular flexibility index (Phi) is 6.32. The van der Waals surface area contributed by atoms with Crippen molar-refractivity contribution in [1.29, 1.82) is 0 Å². The maximum atomic E-state index is 3.60. The molecule has 1 nitrogen and oxygen atoms in total. The van der Waals surface area contributed by atoms with E-state index < -0.39 is 0 Å². The molecule has 0 saturated carbocycles. The van der Waals surface area contributed by atoms with Crippen molar-refractivity contribution in [3.8, 4) is 0 Å². The lowest BCUT2D eigenvalue weighted by atomic mass is 9.82. The monoisotopic (exact) mass is 271 g/mol. The van der Waals surface area contributed by atoms with Crippen LogP contribution in [0.5, 0.6) is 0 Å². The quantitative estimate of drug-likeness (QED) is 0.739. The molecular weight excluding hydrogens is 242 g/mol. The Morgan fingerprint density at radius 1 is 1.05 bits per heavy atom. The molecule has 0 bridgehead atoms. The number of hydrogen-bond acceptors (Lipinski definition) is 1. The zero-order valence-corrected chi connectivity index (χ0v) is 13.1. The van der Waals surface area contributed by atoms with Gasteiger partial charge in [0.15, 0.2) is 0 Å². The minimum absolute atomic E-state index is 0.500. The SMILES string of the molecule is CCC(c1ccccc1)C(NC)/C1=C/CCCCCC1. The summed E-state index contributed by atoms with van der Waals surface area (Å²) in [5.74, 6) is 0.590. The maximum absolute atomic E-state index is 3.60. The highest BCUT2D eigenvalue weighted by molar-refractivity contribution is 5.26. The lowest BCUT2D eigenvalue weighted by Crippen LogP contribution is -2.34. The van der Waals surface area contributed by atoms with E-state index in [1.54, 1.807) is 5.57 Å². The molecule has 0 radical (unpaired) electrons.